The standard InChI is InChI=1S/C15H8N2O2/c16-8-13-7-15-14(18-10-19-15)6-12(13)4-3-11-2-1-5-17-9-11/h1-2,5-7,9H,10H2. The zero-order chi connectivity index (χ0) is 13.1. The Morgan fingerprint density at radius 1 is 1.11 bits per heavy atom. The number of nitrogens with zero attached hydrogens (tertiary/aromatic N) is 2. The highest BCUT2D eigenvalue weighted by Crippen LogP contribution is 2.34. The van der Waals surface area contributed by atoms with E-state index in [9.17, 15) is 0 Å². The van der Waals surface area contributed by atoms with E-state index >= 15 is 0 Å². The van der Waals surface area contributed by atoms with E-state index in [0.717, 1.165) is 5.56 Å². The lowest BCUT2D eigenvalue weighted by atomic mass is 10.1. The van der Waals surface area contributed by atoms with Crippen LogP contribution in [0.1, 0.15) is 16.7 Å². The van der Waals surface area contributed by atoms with E-state index in [2.05, 4.69) is 22.9 Å². The summed E-state index contributed by atoms with van der Waals surface area (Å²) in [7, 11) is 0. The molecule has 0 radical (unpaired) electrons. The summed E-state index contributed by atoms with van der Waals surface area (Å²) >= 11 is 0. The first-order chi connectivity index (χ1) is 9.36. The van der Waals surface area contributed by atoms with Crippen LogP contribution >= 0.6 is 0 Å². The normalized spacial score (nSPS) is 11.3. The summed E-state index contributed by atoms with van der Waals surface area (Å²) in [6.07, 6.45) is 3.36. The Hall–Kier alpha value is -2.98. The first-order valence-electron chi connectivity index (χ1n) is 5.62. The predicted molar refractivity (Wildman–Crippen MR) is 67.5 cm³/mol. The first kappa shape index (κ1) is 11.1. The van der Waals surface area contributed by atoms with Crippen LogP contribution in [-0.2, 0) is 0 Å². The minimum absolute atomic E-state index is 0.180. The van der Waals surface area contributed by atoms with Crippen molar-refractivity contribution in [3.8, 4) is 29.4 Å². The molecule has 19 heavy (non-hydrogen) atoms. The molecule has 0 fully saturated rings. The lowest BCUT2D eigenvalue weighted by Crippen LogP contribution is -1.92. The minimum Gasteiger partial charge on any atom is -0.454 e. The number of hydrogen-bond acceptors (Lipinski definition) is 4. The summed E-state index contributed by atoms with van der Waals surface area (Å²) in [6, 6.07) is 9.16. The van der Waals surface area contributed by atoms with Gasteiger partial charge in [-0.15, -0.1) is 0 Å². The molecule has 1 aromatic carbocycles. The molecule has 0 spiro atoms. The molecule has 0 bridgehead atoms. The second kappa shape index (κ2) is 4.72. The molecule has 0 aliphatic carbocycles. The SMILES string of the molecule is N#Cc1cc2c(cc1C#Cc1cccnc1)OCO2. The van der Waals surface area contributed by atoms with E-state index < -0.39 is 0 Å². The molecule has 3 rings (SSSR count). The lowest BCUT2D eigenvalue weighted by molar-refractivity contribution is 0.174. The molecule has 0 atom stereocenters. The molecule has 0 amide bonds. The van der Waals surface area contributed by atoms with Crippen LogP contribution in [0.15, 0.2) is 36.7 Å². The maximum Gasteiger partial charge on any atom is 0.231 e. The molecule has 0 unspecified atom stereocenters. The van der Waals surface area contributed by atoms with Gasteiger partial charge in [-0.05, 0) is 12.1 Å². The Balaban J connectivity index is 2.02. The molecular formula is C15H8N2O2. The Morgan fingerprint density at radius 3 is 2.58 bits per heavy atom. The van der Waals surface area contributed by atoms with Crippen molar-refractivity contribution >= 4 is 0 Å². The van der Waals surface area contributed by atoms with Gasteiger partial charge < -0.3 is 9.47 Å². The van der Waals surface area contributed by atoms with Crippen molar-refractivity contribution in [3.05, 3.63) is 53.3 Å². The zero-order valence-corrected chi connectivity index (χ0v) is 9.88. The van der Waals surface area contributed by atoms with Crippen molar-refractivity contribution in [2.45, 2.75) is 0 Å². The van der Waals surface area contributed by atoms with E-state index in [-0.39, 0.29) is 6.79 Å². The first-order valence-corrected chi connectivity index (χ1v) is 5.62. The van der Waals surface area contributed by atoms with Crippen LogP contribution in [0.2, 0.25) is 0 Å². The van der Waals surface area contributed by atoms with Crippen molar-refractivity contribution in [2.24, 2.45) is 0 Å². The van der Waals surface area contributed by atoms with Crippen molar-refractivity contribution in [1.82, 2.24) is 4.98 Å². The second-order valence-corrected chi connectivity index (χ2v) is 3.85. The van der Waals surface area contributed by atoms with Gasteiger partial charge in [-0.1, -0.05) is 11.8 Å². The largest absolute Gasteiger partial charge is 0.454 e. The highest BCUT2D eigenvalue weighted by atomic mass is 16.7. The molecular weight excluding hydrogens is 240 g/mol. The smallest absolute Gasteiger partial charge is 0.231 e. The molecule has 1 aliphatic heterocycles. The van der Waals surface area contributed by atoms with Crippen molar-refractivity contribution in [2.75, 3.05) is 6.79 Å². The summed E-state index contributed by atoms with van der Waals surface area (Å²) in [4.78, 5) is 3.99. The van der Waals surface area contributed by atoms with Crippen LogP contribution < -0.4 is 9.47 Å². The third-order valence-electron chi connectivity index (χ3n) is 2.64. The van der Waals surface area contributed by atoms with Gasteiger partial charge in [0.05, 0.1) is 5.56 Å². The van der Waals surface area contributed by atoms with Gasteiger partial charge in [-0.3, -0.25) is 4.98 Å². The molecule has 1 aromatic heterocycles. The summed E-state index contributed by atoms with van der Waals surface area (Å²) < 4.78 is 10.5. The number of nitriles is 1. The van der Waals surface area contributed by atoms with Crippen LogP contribution in [0.5, 0.6) is 11.5 Å². The van der Waals surface area contributed by atoms with Crippen molar-refractivity contribution in [3.63, 3.8) is 0 Å². The maximum absolute atomic E-state index is 9.12. The summed E-state index contributed by atoms with van der Waals surface area (Å²) in [5.74, 6) is 7.14. The second-order valence-electron chi connectivity index (χ2n) is 3.85. The third kappa shape index (κ3) is 2.20. The summed E-state index contributed by atoms with van der Waals surface area (Å²) in [5, 5.41) is 9.12. The fraction of sp³-hybridized carbons (Fsp3) is 0.0667. The highest BCUT2D eigenvalue weighted by molar-refractivity contribution is 5.59. The molecule has 0 saturated heterocycles. The third-order valence-corrected chi connectivity index (χ3v) is 2.64. The molecule has 4 heteroatoms. The number of fused-ring (bicyclic) bond motifs is 1. The number of pyridine rings is 1. The number of rotatable bonds is 0. The predicted octanol–water partition coefficient (Wildman–Crippen LogP) is 2.08. The van der Waals surface area contributed by atoms with E-state index in [1.54, 1.807) is 24.5 Å². The van der Waals surface area contributed by atoms with E-state index in [4.69, 9.17) is 14.7 Å². The average molecular weight is 248 g/mol. The van der Waals surface area contributed by atoms with Gasteiger partial charge >= 0.3 is 0 Å². The molecule has 0 N–H and O–H groups in total. The van der Waals surface area contributed by atoms with Crippen molar-refractivity contribution < 1.29 is 9.47 Å². The quantitative estimate of drug-likeness (QED) is 0.670. The van der Waals surface area contributed by atoms with E-state index in [0.29, 0.717) is 22.6 Å². The molecule has 4 nitrogen and oxygen atoms in total. The number of ether oxygens (including phenoxy) is 2. The molecule has 90 valence electrons. The van der Waals surface area contributed by atoms with Crippen LogP contribution in [0.4, 0.5) is 0 Å². The Bertz CT molecular complexity index is 722. The fourth-order valence-corrected chi connectivity index (χ4v) is 1.71. The molecule has 2 aromatic rings. The fourth-order valence-electron chi connectivity index (χ4n) is 1.71. The summed E-state index contributed by atoms with van der Waals surface area (Å²) in [6.45, 7) is 0.180. The van der Waals surface area contributed by atoms with E-state index in [1.807, 2.05) is 12.1 Å². The Kier molecular flexibility index (Phi) is 2.76. The zero-order valence-electron chi connectivity index (χ0n) is 9.88. The topological polar surface area (TPSA) is 55.1 Å². The van der Waals surface area contributed by atoms with Crippen LogP contribution in [0, 0.1) is 23.2 Å². The monoisotopic (exact) mass is 248 g/mol. The molecule has 2 heterocycles. The number of aromatic nitrogens is 1. The Labute approximate surface area is 110 Å². The lowest BCUT2D eigenvalue weighted by Gasteiger charge is -1.99. The van der Waals surface area contributed by atoms with Gasteiger partial charge in [0.15, 0.2) is 11.5 Å². The number of hydrogen-bond donors (Lipinski definition) is 0. The van der Waals surface area contributed by atoms with Gasteiger partial charge in [0.2, 0.25) is 6.79 Å². The highest BCUT2D eigenvalue weighted by Gasteiger charge is 2.16. The van der Waals surface area contributed by atoms with E-state index in [1.165, 1.54) is 0 Å². The number of benzene rings is 1. The maximum atomic E-state index is 9.12. The van der Waals surface area contributed by atoms with Gasteiger partial charge in [0.1, 0.15) is 6.07 Å². The van der Waals surface area contributed by atoms with Crippen molar-refractivity contribution in [1.29, 1.82) is 5.26 Å². The van der Waals surface area contributed by atoms with Crippen LogP contribution in [-0.4, -0.2) is 11.8 Å². The van der Waals surface area contributed by atoms with Gasteiger partial charge in [0, 0.05) is 35.7 Å². The Morgan fingerprint density at radius 2 is 1.89 bits per heavy atom. The molecule has 1 aliphatic rings. The van der Waals surface area contributed by atoms with Gasteiger partial charge in [-0.25, -0.2) is 0 Å². The van der Waals surface area contributed by atoms with Crippen LogP contribution in [0.3, 0.4) is 0 Å². The van der Waals surface area contributed by atoms with Gasteiger partial charge in [-0.2, -0.15) is 5.26 Å². The van der Waals surface area contributed by atoms with Gasteiger partial charge in [0.25, 0.3) is 0 Å². The molecule has 0 saturated carbocycles. The minimum atomic E-state index is 0.180. The average Bonchev–Trinajstić information content (AvgIpc) is 2.92. The summed E-state index contributed by atoms with van der Waals surface area (Å²) in [5.41, 5.74) is 1.89. The van der Waals surface area contributed by atoms with Crippen LogP contribution in [0.25, 0.3) is 0 Å².